The van der Waals surface area contributed by atoms with Crippen molar-refractivity contribution in [2.75, 3.05) is 26.8 Å². The predicted octanol–water partition coefficient (Wildman–Crippen LogP) is 1.08. The molecule has 21 heavy (non-hydrogen) atoms. The van der Waals surface area contributed by atoms with Gasteiger partial charge in [0.05, 0.1) is 11.5 Å². The van der Waals surface area contributed by atoms with Gasteiger partial charge in [0.15, 0.2) is 0 Å². The molecule has 0 aliphatic carbocycles. The number of nitro groups is 1. The number of amides is 1. The normalized spacial score (nSPS) is 10.2. The molecule has 0 atom stereocenters. The summed E-state index contributed by atoms with van der Waals surface area (Å²) in [5.41, 5.74) is 0.325. The molecule has 0 aliphatic rings. The highest BCUT2D eigenvalue weighted by Gasteiger charge is 2.21. The number of carbonyl (C=O) groups is 2. The maximum absolute atomic E-state index is 12.3. The lowest BCUT2D eigenvalue weighted by Crippen LogP contribution is -2.38. The average Bonchev–Trinajstić information content (AvgIpc) is 2.42. The van der Waals surface area contributed by atoms with Crippen molar-refractivity contribution in [3.05, 3.63) is 39.4 Å². The fourth-order valence-corrected chi connectivity index (χ4v) is 1.74. The maximum atomic E-state index is 12.3. The van der Waals surface area contributed by atoms with Crippen LogP contribution in [0.25, 0.3) is 0 Å². The molecule has 1 amide bonds. The number of hydrogen-bond donors (Lipinski definition) is 1. The number of methoxy groups -OCH3 is 1. The zero-order chi connectivity index (χ0) is 16.0. The number of benzene rings is 1. The van der Waals surface area contributed by atoms with Gasteiger partial charge in [0.1, 0.15) is 6.54 Å². The molecule has 0 aliphatic heterocycles. The van der Waals surface area contributed by atoms with Gasteiger partial charge in [-0.05, 0) is 13.0 Å². The SMILES string of the molecule is COCCN(CC(=O)O)C(=O)c1ccc(C)c([N+](=O)[O-])c1. The molecule has 0 radical (unpaired) electrons. The van der Waals surface area contributed by atoms with Crippen molar-refractivity contribution in [3.8, 4) is 0 Å². The first-order chi connectivity index (χ1) is 9.86. The quantitative estimate of drug-likeness (QED) is 0.595. The third-order valence-corrected chi connectivity index (χ3v) is 2.83. The van der Waals surface area contributed by atoms with Crippen molar-refractivity contribution in [1.82, 2.24) is 4.90 Å². The highest BCUT2D eigenvalue weighted by molar-refractivity contribution is 5.96. The third-order valence-electron chi connectivity index (χ3n) is 2.83. The number of carboxylic acids is 1. The Labute approximate surface area is 121 Å². The first-order valence-electron chi connectivity index (χ1n) is 6.12. The van der Waals surface area contributed by atoms with Crippen molar-refractivity contribution in [2.24, 2.45) is 0 Å². The molecule has 0 aromatic heterocycles. The van der Waals surface area contributed by atoms with Crippen LogP contribution in [0.3, 0.4) is 0 Å². The van der Waals surface area contributed by atoms with Gasteiger partial charge in [-0.3, -0.25) is 19.7 Å². The van der Waals surface area contributed by atoms with Gasteiger partial charge in [0.2, 0.25) is 0 Å². The fourth-order valence-electron chi connectivity index (χ4n) is 1.74. The second kappa shape index (κ2) is 7.34. The van der Waals surface area contributed by atoms with E-state index in [0.29, 0.717) is 5.56 Å². The van der Waals surface area contributed by atoms with E-state index in [4.69, 9.17) is 9.84 Å². The molecule has 0 bridgehead atoms. The van der Waals surface area contributed by atoms with Crippen LogP contribution in [0.15, 0.2) is 18.2 Å². The summed E-state index contributed by atoms with van der Waals surface area (Å²) in [6.07, 6.45) is 0. The largest absolute Gasteiger partial charge is 0.480 e. The van der Waals surface area contributed by atoms with Gasteiger partial charge in [-0.25, -0.2) is 0 Å². The van der Waals surface area contributed by atoms with Gasteiger partial charge in [-0.15, -0.1) is 0 Å². The van der Waals surface area contributed by atoms with Crippen LogP contribution in [0.5, 0.6) is 0 Å². The van der Waals surface area contributed by atoms with Crippen LogP contribution in [-0.4, -0.2) is 53.6 Å². The number of nitro benzene ring substituents is 1. The molecule has 8 heteroatoms. The Bertz CT molecular complexity index is 558. The highest BCUT2D eigenvalue weighted by atomic mass is 16.6. The molecule has 1 N–H and O–H groups in total. The average molecular weight is 296 g/mol. The van der Waals surface area contributed by atoms with E-state index in [-0.39, 0.29) is 24.4 Å². The van der Waals surface area contributed by atoms with E-state index in [9.17, 15) is 19.7 Å². The Kier molecular flexibility index (Phi) is 5.79. The van der Waals surface area contributed by atoms with E-state index < -0.39 is 23.3 Å². The maximum Gasteiger partial charge on any atom is 0.323 e. The van der Waals surface area contributed by atoms with Crippen molar-refractivity contribution in [1.29, 1.82) is 0 Å². The van der Waals surface area contributed by atoms with E-state index in [1.165, 1.54) is 19.2 Å². The minimum atomic E-state index is -1.17. The topological polar surface area (TPSA) is 110 Å². The van der Waals surface area contributed by atoms with Crippen LogP contribution in [0.4, 0.5) is 5.69 Å². The molecule has 8 nitrogen and oxygen atoms in total. The summed E-state index contributed by atoms with van der Waals surface area (Å²) < 4.78 is 4.83. The summed E-state index contributed by atoms with van der Waals surface area (Å²) in [4.78, 5) is 34.4. The summed E-state index contributed by atoms with van der Waals surface area (Å²) in [7, 11) is 1.43. The second-order valence-electron chi connectivity index (χ2n) is 4.37. The lowest BCUT2D eigenvalue weighted by Gasteiger charge is -2.20. The van der Waals surface area contributed by atoms with Crippen LogP contribution in [-0.2, 0) is 9.53 Å². The van der Waals surface area contributed by atoms with E-state index in [1.54, 1.807) is 6.92 Å². The number of nitrogens with zero attached hydrogens (tertiary/aromatic N) is 2. The zero-order valence-corrected chi connectivity index (χ0v) is 11.7. The fraction of sp³-hybridized carbons (Fsp3) is 0.385. The third kappa shape index (κ3) is 4.53. The Balaban J connectivity index is 3.05. The Morgan fingerprint density at radius 2 is 2.10 bits per heavy atom. The van der Waals surface area contributed by atoms with Gasteiger partial charge in [0, 0.05) is 30.8 Å². The minimum absolute atomic E-state index is 0.0738. The van der Waals surface area contributed by atoms with Crippen molar-refractivity contribution < 1.29 is 24.4 Å². The second-order valence-corrected chi connectivity index (χ2v) is 4.37. The van der Waals surface area contributed by atoms with E-state index in [2.05, 4.69) is 0 Å². The lowest BCUT2D eigenvalue weighted by atomic mass is 10.1. The Hall–Kier alpha value is -2.48. The first kappa shape index (κ1) is 16.6. The monoisotopic (exact) mass is 296 g/mol. The van der Waals surface area contributed by atoms with Crippen LogP contribution in [0, 0.1) is 17.0 Å². The van der Waals surface area contributed by atoms with Crippen LogP contribution < -0.4 is 0 Å². The van der Waals surface area contributed by atoms with Gasteiger partial charge >= 0.3 is 5.97 Å². The lowest BCUT2D eigenvalue weighted by molar-refractivity contribution is -0.385. The van der Waals surface area contributed by atoms with Gasteiger partial charge in [-0.2, -0.15) is 0 Å². The number of hydrogen-bond acceptors (Lipinski definition) is 5. The molecule has 0 heterocycles. The van der Waals surface area contributed by atoms with Crippen LogP contribution >= 0.6 is 0 Å². The molecule has 0 fully saturated rings. The van der Waals surface area contributed by atoms with Gasteiger partial charge < -0.3 is 14.7 Å². The number of ether oxygens (including phenoxy) is 1. The van der Waals surface area contributed by atoms with Crippen molar-refractivity contribution in [3.63, 3.8) is 0 Å². The van der Waals surface area contributed by atoms with E-state index in [1.807, 2.05) is 0 Å². The molecule has 0 saturated carbocycles. The summed E-state index contributed by atoms with van der Waals surface area (Å²) in [6, 6.07) is 4.05. The molecule has 0 spiro atoms. The molecule has 1 aromatic carbocycles. The standard InChI is InChI=1S/C13H16N2O6/c1-9-3-4-10(7-11(9)15(19)20)13(18)14(5-6-21-2)8-12(16)17/h3-4,7H,5-6,8H2,1-2H3,(H,16,17). The number of rotatable bonds is 7. The number of carbonyl (C=O) groups excluding carboxylic acids is 1. The number of aryl methyl sites for hydroxylation is 1. The minimum Gasteiger partial charge on any atom is -0.480 e. The van der Waals surface area contributed by atoms with E-state index in [0.717, 1.165) is 11.0 Å². The van der Waals surface area contributed by atoms with Crippen molar-refractivity contribution >= 4 is 17.6 Å². The Morgan fingerprint density at radius 1 is 1.43 bits per heavy atom. The molecular weight excluding hydrogens is 280 g/mol. The smallest absolute Gasteiger partial charge is 0.323 e. The molecule has 1 aromatic rings. The first-order valence-corrected chi connectivity index (χ1v) is 6.12. The number of aliphatic carboxylic acids is 1. The van der Waals surface area contributed by atoms with Gasteiger partial charge in [-0.1, -0.05) is 6.07 Å². The molecule has 1 rings (SSSR count). The Morgan fingerprint density at radius 3 is 2.62 bits per heavy atom. The predicted molar refractivity (Wildman–Crippen MR) is 73.2 cm³/mol. The molecule has 0 saturated heterocycles. The summed E-state index contributed by atoms with van der Waals surface area (Å²) in [5, 5.41) is 19.7. The van der Waals surface area contributed by atoms with Crippen molar-refractivity contribution in [2.45, 2.75) is 6.92 Å². The summed E-state index contributed by atoms with van der Waals surface area (Å²) in [5.74, 6) is -1.75. The van der Waals surface area contributed by atoms with Gasteiger partial charge in [0.25, 0.3) is 11.6 Å². The highest BCUT2D eigenvalue weighted by Crippen LogP contribution is 2.20. The van der Waals surface area contributed by atoms with Crippen LogP contribution in [0.2, 0.25) is 0 Å². The molecule has 114 valence electrons. The molecule has 0 unspecified atom stereocenters. The number of carboxylic acid groups (broad SMARTS) is 1. The molecular formula is C13H16N2O6. The zero-order valence-electron chi connectivity index (χ0n) is 11.7. The van der Waals surface area contributed by atoms with Crippen LogP contribution in [0.1, 0.15) is 15.9 Å². The van der Waals surface area contributed by atoms with E-state index >= 15 is 0 Å². The summed E-state index contributed by atoms with van der Waals surface area (Å²) >= 11 is 0. The summed E-state index contributed by atoms with van der Waals surface area (Å²) in [6.45, 7) is 1.33.